The molecule has 7 heteroatoms. The molecule has 1 aliphatic rings. The highest BCUT2D eigenvalue weighted by Crippen LogP contribution is 2.29. The maximum atomic E-state index is 12.9. The molecule has 0 saturated carbocycles. The Hall–Kier alpha value is -3.48. The molecule has 1 aliphatic heterocycles. The van der Waals surface area contributed by atoms with Crippen LogP contribution in [0.1, 0.15) is 41.3 Å². The van der Waals surface area contributed by atoms with Gasteiger partial charge in [-0.1, -0.05) is 18.2 Å². The summed E-state index contributed by atoms with van der Waals surface area (Å²) in [5, 5.41) is 3.29. The predicted molar refractivity (Wildman–Crippen MR) is 124 cm³/mol. The molecule has 2 aromatic heterocycles. The summed E-state index contributed by atoms with van der Waals surface area (Å²) >= 11 is 0. The molecule has 1 N–H and O–H groups in total. The van der Waals surface area contributed by atoms with Gasteiger partial charge in [0.05, 0.1) is 6.20 Å². The van der Waals surface area contributed by atoms with Crippen LogP contribution in [0.5, 0.6) is 5.75 Å². The number of benzene rings is 1. The standard InChI is InChI=1S/C25H29N5O2/c1-17-6-4-7-18(2)25(17)32-16-24(31)30-11-5-8-20(15-30)22-13-21(12-19(3)28-22)29-23-14-26-9-10-27-23/h4,6-7,9-10,12-14,20H,5,8,11,15-16H2,1-3H3,(H,27,28,29)/t20-/m0/s1. The van der Waals surface area contributed by atoms with E-state index in [0.717, 1.165) is 53.3 Å². The first-order valence-corrected chi connectivity index (χ1v) is 11.0. The maximum Gasteiger partial charge on any atom is 0.260 e. The molecule has 7 nitrogen and oxygen atoms in total. The Morgan fingerprint density at radius 1 is 1.19 bits per heavy atom. The van der Waals surface area contributed by atoms with E-state index in [1.807, 2.05) is 56.0 Å². The first kappa shape index (κ1) is 21.7. The topological polar surface area (TPSA) is 80.2 Å². The third-order valence-corrected chi connectivity index (χ3v) is 5.75. The summed E-state index contributed by atoms with van der Waals surface area (Å²) in [6, 6.07) is 10.0. The summed E-state index contributed by atoms with van der Waals surface area (Å²) in [6.45, 7) is 7.44. The number of amides is 1. The highest BCUT2D eigenvalue weighted by Gasteiger charge is 2.26. The molecule has 4 rings (SSSR count). The molecule has 3 heterocycles. The van der Waals surface area contributed by atoms with Gasteiger partial charge >= 0.3 is 0 Å². The Morgan fingerprint density at radius 2 is 2.00 bits per heavy atom. The van der Waals surface area contributed by atoms with Crippen LogP contribution in [0.2, 0.25) is 0 Å². The fourth-order valence-electron chi connectivity index (χ4n) is 4.18. The van der Waals surface area contributed by atoms with Gasteiger partial charge in [0.2, 0.25) is 0 Å². The van der Waals surface area contributed by atoms with Gasteiger partial charge in [-0.15, -0.1) is 0 Å². The van der Waals surface area contributed by atoms with E-state index in [1.165, 1.54) is 0 Å². The zero-order chi connectivity index (χ0) is 22.5. The molecule has 1 amide bonds. The van der Waals surface area contributed by atoms with Gasteiger partial charge in [-0.05, 0) is 56.9 Å². The van der Waals surface area contributed by atoms with Crippen molar-refractivity contribution in [2.45, 2.75) is 39.5 Å². The second-order valence-electron chi connectivity index (χ2n) is 8.33. The van der Waals surface area contributed by atoms with E-state index >= 15 is 0 Å². The summed E-state index contributed by atoms with van der Waals surface area (Å²) < 4.78 is 5.90. The van der Waals surface area contributed by atoms with Crippen molar-refractivity contribution in [2.75, 3.05) is 25.0 Å². The molecule has 0 radical (unpaired) electrons. The zero-order valence-corrected chi connectivity index (χ0v) is 18.8. The zero-order valence-electron chi connectivity index (χ0n) is 18.8. The minimum absolute atomic E-state index is 0.0166. The summed E-state index contributed by atoms with van der Waals surface area (Å²) in [5.74, 6) is 1.70. The molecule has 1 saturated heterocycles. The summed E-state index contributed by atoms with van der Waals surface area (Å²) in [6.07, 6.45) is 6.94. The number of hydrogen-bond acceptors (Lipinski definition) is 6. The molecule has 1 atom stereocenters. The molecule has 3 aromatic rings. The van der Waals surface area contributed by atoms with Crippen molar-refractivity contribution in [1.82, 2.24) is 19.9 Å². The number of likely N-dealkylation sites (tertiary alicyclic amines) is 1. The maximum absolute atomic E-state index is 12.9. The number of aromatic nitrogens is 3. The van der Waals surface area contributed by atoms with Gasteiger partial charge in [-0.25, -0.2) is 4.98 Å². The van der Waals surface area contributed by atoms with E-state index < -0.39 is 0 Å². The summed E-state index contributed by atoms with van der Waals surface area (Å²) in [7, 11) is 0. The lowest BCUT2D eigenvalue weighted by Crippen LogP contribution is -2.41. The lowest BCUT2D eigenvalue weighted by Gasteiger charge is -2.33. The Balaban J connectivity index is 1.42. The predicted octanol–water partition coefficient (Wildman–Crippen LogP) is 4.33. The molecule has 1 aromatic carbocycles. The van der Waals surface area contributed by atoms with E-state index in [-0.39, 0.29) is 18.4 Å². The largest absolute Gasteiger partial charge is 0.483 e. The van der Waals surface area contributed by atoms with Gasteiger partial charge < -0.3 is 15.0 Å². The highest BCUT2D eigenvalue weighted by molar-refractivity contribution is 5.78. The minimum Gasteiger partial charge on any atom is -0.483 e. The molecular weight excluding hydrogens is 402 g/mol. The fourth-order valence-corrected chi connectivity index (χ4v) is 4.18. The third kappa shape index (κ3) is 5.22. The molecular formula is C25H29N5O2. The van der Waals surface area contributed by atoms with Crippen LogP contribution in [0.15, 0.2) is 48.9 Å². The number of hydrogen-bond donors (Lipinski definition) is 1. The number of nitrogens with one attached hydrogen (secondary N) is 1. The fraction of sp³-hybridized carbons (Fsp3) is 0.360. The van der Waals surface area contributed by atoms with Gasteiger partial charge in [-0.3, -0.25) is 14.8 Å². The number of pyridine rings is 1. The van der Waals surface area contributed by atoms with Gasteiger partial charge in [0.1, 0.15) is 11.6 Å². The van der Waals surface area contributed by atoms with Crippen LogP contribution in [0.25, 0.3) is 0 Å². The number of anilines is 2. The molecule has 32 heavy (non-hydrogen) atoms. The monoisotopic (exact) mass is 431 g/mol. The van der Waals surface area contributed by atoms with Crippen molar-refractivity contribution >= 4 is 17.4 Å². The average molecular weight is 432 g/mol. The second kappa shape index (κ2) is 9.77. The van der Waals surface area contributed by atoms with Crippen molar-refractivity contribution in [3.05, 3.63) is 71.4 Å². The summed E-state index contributed by atoms with van der Waals surface area (Å²) in [4.78, 5) is 27.9. The van der Waals surface area contributed by atoms with Crippen LogP contribution in [-0.2, 0) is 4.79 Å². The number of aryl methyl sites for hydroxylation is 3. The summed E-state index contributed by atoms with van der Waals surface area (Å²) in [5.41, 5.74) is 4.93. The molecule has 0 spiro atoms. The first-order valence-electron chi connectivity index (χ1n) is 11.0. The molecule has 0 bridgehead atoms. The van der Waals surface area contributed by atoms with Crippen LogP contribution in [0, 0.1) is 20.8 Å². The number of rotatable bonds is 6. The molecule has 1 fully saturated rings. The molecule has 166 valence electrons. The highest BCUT2D eigenvalue weighted by atomic mass is 16.5. The molecule has 0 unspecified atom stereocenters. The van der Waals surface area contributed by atoms with Crippen molar-refractivity contribution in [3.8, 4) is 5.75 Å². The quantitative estimate of drug-likeness (QED) is 0.626. The number of carbonyl (C=O) groups excluding carboxylic acids is 1. The van der Waals surface area contributed by atoms with Crippen molar-refractivity contribution in [2.24, 2.45) is 0 Å². The Kier molecular flexibility index (Phi) is 6.63. The number of nitrogens with zero attached hydrogens (tertiary/aromatic N) is 4. The van der Waals surface area contributed by atoms with E-state index in [1.54, 1.807) is 18.6 Å². The number of carbonyl (C=O) groups is 1. The normalized spacial score (nSPS) is 16.0. The second-order valence-corrected chi connectivity index (χ2v) is 8.33. The van der Waals surface area contributed by atoms with E-state index in [0.29, 0.717) is 12.4 Å². The Labute approximate surface area is 188 Å². The minimum atomic E-state index is 0.0166. The van der Waals surface area contributed by atoms with Gasteiger partial charge in [0.15, 0.2) is 6.61 Å². The van der Waals surface area contributed by atoms with E-state index in [9.17, 15) is 4.79 Å². The van der Waals surface area contributed by atoms with Crippen molar-refractivity contribution in [1.29, 1.82) is 0 Å². The third-order valence-electron chi connectivity index (χ3n) is 5.75. The van der Waals surface area contributed by atoms with Crippen LogP contribution >= 0.6 is 0 Å². The van der Waals surface area contributed by atoms with Gasteiger partial charge in [0.25, 0.3) is 5.91 Å². The number of ether oxygens (including phenoxy) is 1. The van der Waals surface area contributed by atoms with Gasteiger partial charge in [0, 0.05) is 48.5 Å². The van der Waals surface area contributed by atoms with Crippen LogP contribution in [-0.4, -0.2) is 45.5 Å². The average Bonchev–Trinajstić information content (AvgIpc) is 2.79. The molecule has 0 aliphatic carbocycles. The Bertz CT molecular complexity index is 1070. The van der Waals surface area contributed by atoms with E-state index in [4.69, 9.17) is 9.72 Å². The van der Waals surface area contributed by atoms with Crippen LogP contribution in [0.3, 0.4) is 0 Å². The van der Waals surface area contributed by atoms with Crippen LogP contribution in [0.4, 0.5) is 11.5 Å². The van der Waals surface area contributed by atoms with E-state index in [2.05, 4.69) is 15.3 Å². The number of piperidine rings is 1. The lowest BCUT2D eigenvalue weighted by atomic mass is 9.93. The van der Waals surface area contributed by atoms with Crippen molar-refractivity contribution in [3.63, 3.8) is 0 Å². The smallest absolute Gasteiger partial charge is 0.260 e. The Morgan fingerprint density at radius 3 is 2.75 bits per heavy atom. The number of para-hydroxylation sites is 1. The SMILES string of the molecule is Cc1cc(Nc2cnccn2)cc([C@H]2CCCN(C(=O)COc3c(C)cccc3C)C2)n1. The van der Waals surface area contributed by atoms with Gasteiger partial charge in [-0.2, -0.15) is 0 Å². The van der Waals surface area contributed by atoms with Crippen LogP contribution < -0.4 is 10.1 Å². The first-order chi connectivity index (χ1) is 15.5. The lowest BCUT2D eigenvalue weighted by molar-refractivity contribution is -0.134. The van der Waals surface area contributed by atoms with Crippen molar-refractivity contribution < 1.29 is 9.53 Å².